The van der Waals surface area contributed by atoms with E-state index in [2.05, 4.69) is 20.5 Å². The third-order valence-electron chi connectivity index (χ3n) is 13.0. The largest absolute Gasteiger partial charge is 0.480 e. The van der Waals surface area contributed by atoms with Crippen molar-refractivity contribution in [3.05, 3.63) is 41.7 Å². The summed E-state index contributed by atoms with van der Waals surface area (Å²) in [6, 6.07) is 5.36. The number of nitrogens with one attached hydrogen (secondary N) is 2. The summed E-state index contributed by atoms with van der Waals surface area (Å²) >= 11 is 0. The van der Waals surface area contributed by atoms with Crippen LogP contribution in [-0.2, 0) is 41.5 Å². The fraction of sp³-hybridized carbons (Fsp3) is 0.660. The number of anilines is 2. The molecule has 0 saturated carbocycles. The molecule has 370 valence electrons. The summed E-state index contributed by atoms with van der Waals surface area (Å²) in [5, 5.41) is 24.8. The van der Waals surface area contributed by atoms with E-state index in [1.807, 2.05) is 37.8 Å². The lowest BCUT2D eigenvalue weighted by Crippen LogP contribution is -2.61. The molecule has 0 radical (unpaired) electrons. The first-order valence-electron chi connectivity index (χ1n) is 23.2. The highest BCUT2D eigenvalue weighted by molar-refractivity contribution is 5.95. The standard InChI is InChI=1S/C47H67F3N8O9/c1-29(64-7)40-35(20-31(23-51-40)55-14-13-54-15-17-65-26-32(54)24-55)41-36(22-46(5,6)28-59)34-19-30(10-11-39(34)57(41)27-47(48,49)50)56-16-18-66-33(25-56)21-38(52-44(63)67-45(2,3)4)42(60)58-12-8-9-37(53-58)43(61)62/h10-11,19-20,23,29,32-33,37-38,53,59H,8-9,12-18,21-22,24-28H2,1-7H3,(H,52,63)(H,61,62)/t29-,32-,33-,37-,38-/m0/s1. The van der Waals surface area contributed by atoms with Crippen LogP contribution in [0.1, 0.15) is 78.2 Å². The number of aliphatic hydroxyl groups excluding tert-OH is 1. The molecular weight excluding hydrogens is 878 g/mol. The number of carboxylic acids is 1. The molecular formula is C47H67F3N8O9. The van der Waals surface area contributed by atoms with Gasteiger partial charge in [-0.05, 0) is 82.2 Å². The number of benzene rings is 1. The number of fused-ring (bicyclic) bond motifs is 2. The fourth-order valence-electron chi connectivity index (χ4n) is 9.56. The normalized spacial score (nSPS) is 22.1. The third-order valence-corrected chi connectivity index (χ3v) is 13.0. The van der Waals surface area contributed by atoms with Gasteiger partial charge in [0.15, 0.2) is 0 Å². The third kappa shape index (κ3) is 12.1. The summed E-state index contributed by atoms with van der Waals surface area (Å²) < 4.78 is 69.3. The SMILES string of the molecule is CO[C@@H](C)c1ncc(N2CCN3CCOC[C@@H]3C2)cc1-c1c(CC(C)(C)CO)c2cc(N3CCO[C@@H](C[C@H](NC(=O)OC(C)(C)C)C(=O)N4CCC[C@@H](C(=O)O)N4)C3)ccc2n1CC(F)(F)F. The van der Waals surface area contributed by atoms with Crippen molar-refractivity contribution in [2.75, 3.05) is 89.2 Å². The summed E-state index contributed by atoms with van der Waals surface area (Å²) in [7, 11) is 1.54. The van der Waals surface area contributed by atoms with Gasteiger partial charge in [0.2, 0.25) is 0 Å². The zero-order valence-electron chi connectivity index (χ0n) is 39.7. The summed E-state index contributed by atoms with van der Waals surface area (Å²) in [5.41, 5.74) is 4.99. The molecule has 0 bridgehead atoms. The van der Waals surface area contributed by atoms with E-state index in [0.29, 0.717) is 84.8 Å². The van der Waals surface area contributed by atoms with Crippen molar-refractivity contribution in [2.24, 2.45) is 5.41 Å². The number of ether oxygens (including phenoxy) is 4. The van der Waals surface area contributed by atoms with Crippen LogP contribution in [0.15, 0.2) is 30.5 Å². The number of hydrogen-bond donors (Lipinski definition) is 4. The summed E-state index contributed by atoms with van der Waals surface area (Å²) in [6.07, 6.45) is -3.82. The number of amides is 2. The summed E-state index contributed by atoms with van der Waals surface area (Å²) in [4.78, 5) is 50.5. The molecule has 0 unspecified atom stereocenters. The number of rotatable bonds is 14. The number of halogens is 3. The average molecular weight is 945 g/mol. The molecule has 4 aliphatic heterocycles. The van der Waals surface area contributed by atoms with Crippen LogP contribution in [0.2, 0.25) is 0 Å². The molecule has 0 spiro atoms. The highest BCUT2D eigenvalue weighted by Gasteiger charge is 2.38. The Morgan fingerprint density at radius 2 is 1.76 bits per heavy atom. The number of hydrogen-bond acceptors (Lipinski definition) is 13. The molecule has 4 aliphatic rings. The van der Waals surface area contributed by atoms with Crippen LogP contribution in [0.3, 0.4) is 0 Å². The number of alkyl carbamates (subject to hydrolysis) is 1. The Morgan fingerprint density at radius 3 is 2.46 bits per heavy atom. The Morgan fingerprint density at radius 1 is 1.00 bits per heavy atom. The van der Waals surface area contributed by atoms with Crippen LogP contribution < -0.4 is 20.5 Å². The van der Waals surface area contributed by atoms with Crippen LogP contribution >= 0.6 is 0 Å². The molecule has 4 fully saturated rings. The van der Waals surface area contributed by atoms with Gasteiger partial charge >= 0.3 is 18.2 Å². The van der Waals surface area contributed by atoms with Gasteiger partial charge in [-0.3, -0.25) is 24.5 Å². The highest BCUT2D eigenvalue weighted by Crippen LogP contribution is 2.44. The Hall–Kier alpha value is -4.73. The molecule has 6 heterocycles. The van der Waals surface area contributed by atoms with E-state index in [9.17, 15) is 37.8 Å². The minimum Gasteiger partial charge on any atom is -0.480 e. The first-order chi connectivity index (χ1) is 31.6. The second-order valence-corrected chi connectivity index (χ2v) is 20.0. The maximum atomic E-state index is 14.9. The number of methoxy groups -OCH3 is 1. The molecule has 2 amide bonds. The van der Waals surface area contributed by atoms with Gasteiger partial charge in [-0.2, -0.15) is 13.2 Å². The predicted octanol–water partition coefficient (Wildman–Crippen LogP) is 5.12. The van der Waals surface area contributed by atoms with Gasteiger partial charge < -0.3 is 48.8 Å². The number of carboxylic acid groups (broad SMARTS) is 1. The van der Waals surface area contributed by atoms with Gasteiger partial charge in [0.1, 0.15) is 24.2 Å². The lowest BCUT2D eigenvalue weighted by molar-refractivity contribution is -0.148. The number of aliphatic carboxylic acids is 1. The summed E-state index contributed by atoms with van der Waals surface area (Å²) in [6.45, 7) is 14.6. The van der Waals surface area contributed by atoms with Gasteiger partial charge in [-0.25, -0.2) is 10.2 Å². The molecule has 7 rings (SSSR count). The maximum Gasteiger partial charge on any atom is 0.408 e. The number of pyridine rings is 1. The number of piperazine rings is 1. The molecule has 2 aromatic heterocycles. The Kier molecular flexibility index (Phi) is 15.3. The van der Waals surface area contributed by atoms with Gasteiger partial charge in [-0.15, -0.1) is 0 Å². The number of hydrazine groups is 1. The van der Waals surface area contributed by atoms with E-state index in [1.165, 1.54) is 9.58 Å². The van der Waals surface area contributed by atoms with Crippen LogP contribution in [0.5, 0.6) is 0 Å². The van der Waals surface area contributed by atoms with Crippen LogP contribution in [0, 0.1) is 5.41 Å². The first-order valence-corrected chi connectivity index (χ1v) is 23.2. The molecule has 3 aromatic rings. The molecule has 5 atom stereocenters. The monoisotopic (exact) mass is 944 g/mol. The lowest BCUT2D eigenvalue weighted by atomic mass is 9.84. The van der Waals surface area contributed by atoms with Crippen molar-refractivity contribution < 1.29 is 56.7 Å². The van der Waals surface area contributed by atoms with Crippen molar-refractivity contribution in [2.45, 2.75) is 116 Å². The van der Waals surface area contributed by atoms with Crippen LogP contribution in [0.4, 0.5) is 29.3 Å². The number of carbonyl (C=O) groups is 3. The zero-order valence-corrected chi connectivity index (χ0v) is 39.7. The van der Waals surface area contributed by atoms with E-state index in [4.69, 9.17) is 23.9 Å². The molecule has 4 N–H and O–H groups in total. The van der Waals surface area contributed by atoms with Gasteiger partial charge in [0.25, 0.3) is 5.91 Å². The second-order valence-electron chi connectivity index (χ2n) is 20.0. The van der Waals surface area contributed by atoms with Gasteiger partial charge in [0, 0.05) is 88.1 Å². The quantitative estimate of drug-likeness (QED) is 0.167. The topological polar surface area (TPSA) is 183 Å². The minimum atomic E-state index is -4.60. The summed E-state index contributed by atoms with van der Waals surface area (Å²) in [5.74, 6) is -1.64. The minimum absolute atomic E-state index is 0.0153. The number of morpholine rings is 2. The number of aliphatic hydroxyl groups is 1. The van der Waals surface area contributed by atoms with E-state index >= 15 is 0 Å². The van der Waals surface area contributed by atoms with Crippen LogP contribution in [0.25, 0.3) is 22.2 Å². The molecule has 1 aromatic carbocycles. The number of carbonyl (C=O) groups excluding carboxylic acids is 2. The number of nitrogens with zero attached hydrogens (tertiary/aromatic N) is 6. The van der Waals surface area contributed by atoms with Crippen molar-refractivity contribution in [3.63, 3.8) is 0 Å². The Bertz CT molecular complexity index is 2250. The van der Waals surface area contributed by atoms with E-state index < -0.39 is 66.0 Å². The molecule has 0 aliphatic carbocycles. The Balaban J connectivity index is 1.27. The molecule has 20 heteroatoms. The van der Waals surface area contributed by atoms with Crippen molar-refractivity contribution in [1.82, 2.24) is 30.2 Å². The maximum absolute atomic E-state index is 14.9. The van der Waals surface area contributed by atoms with Gasteiger partial charge in [-0.1, -0.05) is 13.8 Å². The fourth-order valence-corrected chi connectivity index (χ4v) is 9.56. The smallest absolute Gasteiger partial charge is 0.408 e. The molecule has 67 heavy (non-hydrogen) atoms. The Labute approximate surface area is 389 Å². The van der Waals surface area contributed by atoms with Gasteiger partial charge in [0.05, 0.1) is 61.3 Å². The van der Waals surface area contributed by atoms with E-state index in [-0.39, 0.29) is 45.2 Å². The first kappa shape index (κ1) is 50.2. The highest BCUT2D eigenvalue weighted by atomic mass is 19.4. The number of aromatic nitrogens is 2. The van der Waals surface area contributed by atoms with Crippen LogP contribution in [-0.4, -0.2) is 163 Å². The predicted molar refractivity (Wildman–Crippen MR) is 245 cm³/mol. The van der Waals surface area contributed by atoms with Crippen molar-refractivity contribution in [3.8, 4) is 11.3 Å². The van der Waals surface area contributed by atoms with Crippen molar-refractivity contribution >= 4 is 40.2 Å². The average Bonchev–Trinajstić information content (AvgIpc) is 3.56. The van der Waals surface area contributed by atoms with E-state index in [0.717, 1.165) is 18.8 Å². The second kappa shape index (κ2) is 20.5. The van der Waals surface area contributed by atoms with E-state index in [1.54, 1.807) is 46.2 Å². The molecule has 17 nitrogen and oxygen atoms in total. The zero-order chi connectivity index (χ0) is 48.4. The lowest BCUT2D eigenvalue weighted by Gasteiger charge is -2.44. The molecule has 4 saturated heterocycles. The van der Waals surface area contributed by atoms with Crippen molar-refractivity contribution in [1.29, 1.82) is 0 Å². The number of alkyl halides is 3.